The van der Waals surface area contributed by atoms with Crippen LogP contribution in [0.3, 0.4) is 0 Å². The van der Waals surface area contributed by atoms with E-state index < -0.39 is 23.8 Å². The maximum Gasteiger partial charge on any atom is 0.408 e. The van der Waals surface area contributed by atoms with E-state index in [0.29, 0.717) is 25.9 Å². The van der Waals surface area contributed by atoms with E-state index in [0.717, 1.165) is 37.9 Å². The van der Waals surface area contributed by atoms with Crippen LogP contribution in [0, 0.1) is 0 Å². The van der Waals surface area contributed by atoms with E-state index in [9.17, 15) is 14.4 Å². The molecule has 4 aliphatic heterocycles. The highest BCUT2D eigenvalue weighted by atomic mass is 16.6. The minimum Gasteiger partial charge on any atom is -0.444 e. The van der Waals surface area contributed by atoms with Crippen molar-refractivity contribution >= 4 is 23.6 Å². The van der Waals surface area contributed by atoms with E-state index in [1.807, 2.05) is 23.4 Å². The lowest BCUT2D eigenvalue weighted by atomic mass is 9.89. The molecule has 0 spiro atoms. The van der Waals surface area contributed by atoms with Crippen LogP contribution in [0.2, 0.25) is 0 Å². The molecule has 202 valence electrons. The van der Waals surface area contributed by atoms with Crippen LogP contribution in [-0.2, 0) is 19.1 Å². The van der Waals surface area contributed by atoms with Gasteiger partial charge in [0, 0.05) is 68.9 Å². The van der Waals surface area contributed by atoms with Crippen molar-refractivity contribution in [2.45, 2.75) is 88.6 Å². The summed E-state index contributed by atoms with van der Waals surface area (Å²) in [7, 11) is 1.74. The van der Waals surface area contributed by atoms with Gasteiger partial charge in [0.05, 0.1) is 6.10 Å². The lowest BCUT2D eigenvalue weighted by Crippen LogP contribution is -2.59. The standard InChI is InChI=1S/C27H39N5O5/c1-27(2,3)37-26(35)29-21-7-5-6-18-8-9-23(32(18)24(21)33)25(34)31-13-17(14-31)20-12-28-11-10-22(20)30-15-19(16-30)36-4/h10-12,17-19,21,23H,5-9,13-16H2,1-4H3,(H,29,35)/t18-,21-,23-/m0/s1. The topological polar surface area (TPSA) is 104 Å². The van der Waals surface area contributed by atoms with Gasteiger partial charge in [-0.3, -0.25) is 14.6 Å². The molecule has 1 aromatic rings. The molecule has 0 aliphatic carbocycles. The average molecular weight is 514 g/mol. The zero-order chi connectivity index (χ0) is 26.3. The Hall–Kier alpha value is -2.88. The predicted octanol–water partition coefficient (Wildman–Crippen LogP) is 2.28. The first-order chi connectivity index (χ1) is 17.6. The van der Waals surface area contributed by atoms with Gasteiger partial charge >= 0.3 is 6.09 Å². The molecule has 10 heteroatoms. The van der Waals surface area contributed by atoms with Crippen LogP contribution in [0.4, 0.5) is 10.5 Å². The van der Waals surface area contributed by atoms with Crippen molar-refractivity contribution in [1.82, 2.24) is 20.1 Å². The van der Waals surface area contributed by atoms with Gasteiger partial charge in [-0.15, -0.1) is 0 Å². The molecule has 37 heavy (non-hydrogen) atoms. The molecule has 5 rings (SSSR count). The number of alkyl carbamates (subject to hydrolysis) is 1. The minimum absolute atomic E-state index is 0.0128. The fourth-order valence-corrected chi connectivity index (χ4v) is 6.04. The van der Waals surface area contributed by atoms with Crippen LogP contribution in [0.1, 0.15) is 64.4 Å². The number of hydrogen-bond donors (Lipinski definition) is 1. The molecular formula is C27H39N5O5. The Morgan fingerprint density at radius 1 is 1.08 bits per heavy atom. The molecule has 0 unspecified atom stereocenters. The average Bonchev–Trinajstić information content (AvgIpc) is 3.13. The van der Waals surface area contributed by atoms with Gasteiger partial charge in [0.2, 0.25) is 11.8 Å². The van der Waals surface area contributed by atoms with E-state index in [1.54, 1.807) is 32.8 Å². The van der Waals surface area contributed by atoms with Gasteiger partial charge < -0.3 is 29.5 Å². The summed E-state index contributed by atoms with van der Waals surface area (Å²) in [6, 6.07) is 0.962. The predicted molar refractivity (Wildman–Crippen MR) is 137 cm³/mol. The number of anilines is 1. The van der Waals surface area contributed by atoms with Crippen molar-refractivity contribution in [3.8, 4) is 0 Å². The Bertz CT molecular complexity index is 1030. The number of carbonyl (C=O) groups is 3. The summed E-state index contributed by atoms with van der Waals surface area (Å²) < 4.78 is 10.8. The van der Waals surface area contributed by atoms with Gasteiger partial charge in [0.1, 0.15) is 17.7 Å². The molecule has 5 heterocycles. The van der Waals surface area contributed by atoms with Crippen LogP contribution >= 0.6 is 0 Å². The molecule has 1 N–H and O–H groups in total. The summed E-state index contributed by atoms with van der Waals surface area (Å²) >= 11 is 0. The number of pyridine rings is 1. The van der Waals surface area contributed by atoms with E-state index >= 15 is 0 Å². The van der Waals surface area contributed by atoms with Crippen LogP contribution < -0.4 is 10.2 Å². The highest BCUT2D eigenvalue weighted by molar-refractivity contribution is 5.92. The third kappa shape index (κ3) is 5.26. The zero-order valence-electron chi connectivity index (χ0n) is 22.3. The summed E-state index contributed by atoms with van der Waals surface area (Å²) in [4.78, 5) is 49.8. The Balaban J connectivity index is 1.22. The van der Waals surface area contributed by atoms with Crippen LogP contribution in [0.5, 0.6) is 0 Å². The van der Waals surface area contributed by atoms with Gasteiger partial charge in [-0.05, 0) is 58.9 Å². The van der Waals surface area contributed by atoms with Gasteiger partial charge in [-0.25, -0.2) is 4.79 Å². The number of likely N-dealkylation sites (tertiary alicyclic amines) is 1. The summed E-state index contributed by atoms with van der Waals surface area (Å²) in [6.07, 6.45) is 7.11. The number of rotatable bonds is 5. The first-order valence-electron chi connectivity index (χ1n) is 13.5. The molecule has 3 amide bonds. The summed E-state index contributed by atoms with van der Waals surface area (Å²) in [5.41, 5.74) is 1.69. The quantitative estimate of drug-likeness (QED) is 0.644. The van der Waals surface area contributed by atoms with E-state index in [4.69, 9.17) is 9.47 Å². The molecule has 0 saturated carbocycles. The lowest BCUT2D eigenvalue weighted by molar-refractivity contribution is -0.148. The molecular weight excluding hydrogens is 474 g/mol. The molecule has 1 aromatic heterocycles. The van der Waals surface area contributed by atoms with Crippen molar-refractivity contribution in [3.05, 3.63) is 24.0 Å². The number of ether oxygens (including phenoxy) is 2. The number of hydrogen-bond acceptors (Lipinski definition) is 7. The second-order valence-corrected chi connectivity index (χ2v) is 11.8. The first-order valence-corrected chi connectivity index (χ1v) is 13.5. The van der Waals surface area contributed by atoms with E-state index in [2.05, 4.69) is 15.2 Å². The summed E-state index contributed by atoms with van der Waals surface area (Å²) in [6.45, 7) is 8.36. The third-order valence-electron chi connectivity index (χ3n) is 8.04. The number of nitrogens with one attached hydrogen (secondary N) is 1. The largest absolute Gasteiger partial charge is 0.444 e. The van der Waals surface area contributed by atoms with Crippen LogP contribution in [0.15, 0.2) is 18.5 Å². The van der Waals surface area contributed by atoms with Crippen molar-refractivity contribution in [3.63, 3.8) is 0 Å². The third-order valence-corrected chi connectivity index (χ3v) is 8.04. The van der Waals surface area contributed by atoms with E-state index in [1.165, 1.54) is 5.69 Å². The van der Waals surface area contributed by atoms with Gasteiger partial charge in [0.25, 0.3) is 0 Å². The fourth-order valence-electron chi connectivity index (χ4n) is 6.04. The Morgan fingerprint density at radius 2 is 1.84 bits per heavy atom. The molecule has 3 atom stereocenters. The van der Waals surface area contributed by atoms with Gasteiger partial charge in [-0.1, -0.05) is 0 Å². The maximum absolute atomic E-state index is 13.6. The summed E-state index contributed by atoms with van der Waals surface area (Å²) in [5, 5.41) is 2.76. The molecule has 4 aliphatic rings. The Kier molecular flexibility index (Phi) is 7.04. The number of aromatic nitrogens is 1. The molecule has 4 saturated heterocycles. The summed E-state index contributed by atoms with van der Waals surface area (Å²) in [5.74, 6) is 0.0769. The molecule has 0 radical (unpaired) electrons. The van der Waals surface area contributed by atoms with Gasteiger partial charge in [-0.2, -0.15) is 0 Å². The number of carbonyl (C=O) groups excluding carboxylic acids is 3. The SMILES string of the molecule is COC1CN(c2ccncc2C2CN(C(=O)[C@@H]3CC[C@@H]4CCC[C@H](NC(=O)OC(C)(C)C)C(=O)N43)C2)C1. The van der Waals surface area contributed by atoms with Crippen molar-refractivity contribution < 1.29 is 23.9 Å². The molecule has 0 bridgehead atoms. The monoisotopic (exact) mass is 513 g/mol. The highest BCUT2D eigenvalue weighted by Gasteiger charge is 2.48. The molecule has 10 nitrogen and oxygen atoms in total. The van der Waals surface area contributed by atoms with E-state index in [-0.39, 0.29) is 29.9 Å². The second kappa shape index (κ2) is 10.1. The van der Waals surface area contributed by atoms with Gasteiger partial charge in [0.15, 0.2) is 0 Å². The number of fused-ring (bicyclic) bond motifs is 1. The van der Waals surface area contributed by atoms with Crippen molar-refractivity contribution in [1.29, 1.82) is 0 Å². The molecule has 4 fully saturated rings. The number of methoxy groups -OCH3 is 1. The van der Waals surface area contributed by atoms with Crippen LogP contribution in [-0.4, -0.2) is 95.8 Å². The number of nitrogens with zero attached hydrogens (tertiary/aromatic N) is 4. The molecule has 0 aromatic carbocycles. The highest BCUT2D eigenvalue weighted by Crippen LogP contribution is 2.38. The lowest BCUT2D eigenvalue weighted by Gasteiger charge is -2.45. The normalized spacial score (nSPS) is 26.8. The minimum atomic E-state index is -0.664. The Morgan fingerprint density at radius 3 is 2.54 bits per heavy atom. The van der Waals surface area contributed by atoms with Crippen LogP contribution in [0.25, 0.3) is 0 Å². The van der Waals surface area contributed by atoms with Crippen molar-refractivity contribution in [2.75, 3.05) is 38.2 Å². The smallest absolute Gasteiger partial charge is 0.408 e. The fraction of sp³-hybridized carbons (Fsp3) is 0.704. The zero-order valence-corrected chi connectivity index (χ0v) is 22.3. The van der Waals surface area contributed by atoms with Crippen molar-refractivity contribution in [2.24, 2.45) is 0 Å². The Labute approximate surface area is 218 Å². The first kappa shape index (κ1) is 25.8. The maximum atomic E-state index is 13.6. The second-order valence-electron chi connectivity index (χ2n) is 11.8. The number of amides is 3.